The van der Waals surface area contributed by atoms with E-state index in [0.717, 1.165) is 6.42 Å². The second-order valence-corrected chi connectivity index (χ2v) is 9.35. The highest BCUT2D eigenvalue weighted by Gasteiger charge is 2.20. The minimum Gasteiger partial charge on any atom is -0.385 e. The van der Waals surface area contributed by atoms with E-state index in [2.05, 4.69) is 37.8 Å². The Morgan fingerprint density at radius 2 is 2.00 bits per heavy atom. The summed E-state index contributed by atoms with van der Waals surface area (Å²) in [6, 6.07) is 5.47. The Morgan fingerprint density at radius 3 is 2.73 bits per heavy atom. The minimum absolute atomic E-state index is 0.220. The third-order valence-corrected chi connectivity index (χ3v) is 5.73. The lowest BCUT2D eigenvalue weighted by molar-refractivity contribution is -0.135. The van der Waals surface area contributed by atoms with Gasteiger partial charge in [0.25, 0.3) is 0 Å². The molecule has 3 N–H and O–H groups in total. The molecule has 2 amide bonds. The number of hydrogen-bond acceptors (Lipinski definition) is 8. The van der Waals surface area contributed by atoms with Gasteiger partial charge in [-0.3, -0.25) is 9.59 Å². The van der Waals surface area contributed by atoms with Gasteiger partial charge in [0, 0.05) is 58.6 Å². The van der Waals surface area contributed by atoms with Crippen molar-refractivity contribution in [2.75, 3.05) is 65.1 Å². The van der Waals surface area contributed by atoms with E-state index in [1.54, 1.807) is 45.5 Å². The van der Waals surface area contributed by atoms with Crippen LogP contribution >= 0.6 is 0 Å². The van der Waals surface area contributed by atoms with Crippen LogP contribution in [0.1, 0.15) is 31.7 Å². The molecular formula is C29H40FN7O3. The number of carbonyl (C=O) groups is 2. The summed E-state index contributed by atoms with van der Waals surface area (Å²) < 4.78 is 18.6. The van der Waals surface area contributed by atoms with E-state index in [4.69, 9.17) is 4.74 Å². The van der Waals surface area contributed by atoms with Crippen LogP contribution in [0.2, 0.25) is 0 Å². The van der Waals surface area contributed by atoms with Gasteiger partial charge in [-0.15, -0.1) is 0 Å². The fourth-order valence-electron chi connectivity index (χ4n) is 3.33. The summed E-state index contributed by atoms with van der Waals surface area (Å²) >= 11 is 0. The number of hydrogen-bond donors (Lipinski definition) is 3. The minimum atomic E-state index is -0.592. The van der Waals surface area contributed by atoms with E-state index < -0.39 is 6.04 Å². The Labute approximate surface area is 236 Å². The van der Waals surface area contributed by atoms with Crippen LogP contribution < -0.4 is 16.0 Å². The van der Waals surface area contributed by atoms with Crippen molar-refractivity contribution in [2.45, 2.75) is 32.2 Å². The van der Waals surface area contributed by atoms with Gasteiger partial charge in [-0.2, -0.15) is 4.98 Å². The predicted molar refractivity (Wildman–Crippen MR) is 156 cm³/mol. The Morgan fingerprint density at radius 1 is 1.20 bits per heavy atom. The maximum absolute atomic E-state index is 13.5. The fourth-order valence-corrected chi connectivity index (χ4v) is 3.33. The lowest BCUT2D eigenvalue weighted by atomic mass is 10.2. The van der Waals surface area contributed by atoms with Gasteiger partial charge in [-0.25, -0.2) is 9.37 Å². The zero-order valence-corrected chi connectivity index (χ0v) is 24.0. The second kappa shape index (κ2) is 17.6. The summed E-state index contributed by atoms with van der Waals surface area (Å²) in [5.74, 6) is 6.28. The summed E-state index contributed by atoms with van der Waals surface area (Å²) in [5, 5.41) is 9.12. The molecule has 0 spiro atoms. The number of anilines is 3. The number of nitrogens with zero attached hydrogens (tertiary/aromatic N) is 4. The summed E-state index contributed by atoms with van der Waals surface area (Å²) in [6.07, 6.45) is 6.83. The van der Waals surface area contributed by atoms with Gasteiger partial charge >= 0.3 is 0 Å². The summed E-state index contributed by atoms with van der Waals surface area (Å²) in [4.78, 5) is 36.9. The highest BCUT2D eigenvalue weighted by Crippen LogP contribution is 2.18. The van der Waals surface area contributed by atoms with Crippen molar-refractivity contribution in [3.8, 4) is 11.8 Å². The summed E-state index contributed by atoms with van der Waals surface area (Å²) in [7, 11) is 7.09. The average Bonchev–Trinajstić information content (AvgIpc) is 2.92. The van der Waals surface area contributed by atoms with E-state index in [1.807, 2.05) is 19.0 Å². The Hall–Kier alpha value is -4.01. The van der Waals surface area contributed by atoms with E-state index in [9.17, 15) is 14.0 Å². The third-order valence-electron chi connectivity index (χ3n) is 5.73. The Bertz CT molecular complexity index is 1190. The van der Waals surface area contributed by atoms with Crippen molar-refractivity contribution >= 4 is 29.3 Å². The molecule has 0 radical (unpaired) electrons. The third kappa shape index (κ3) is 11.8. The van der Waals surface area contributed by atoms with Gasteiger partial charge in [-0.1, -0.05) is 24.0 Å². The number of aromatic nitrogens is 2. The molecule has 0 aliphatic heterocycles. The first-order valence-corrected chi connectivity index (χ1v) is 13.2. The number of ether oxygens (including phenoxy) is 1. The fraction of sp³-hybridized carbons (Fsp3) is 0.448. The summed E-state index contributed by atoms with van der Waals surface area (Å²) in [6.45, 7) is 4.02. The van der Waals surface area contributed by atoms with Crippen molar-refractivity contribution in [1.29, 1.82) is 0 Å². The first kappa shape index (κ1) is 32.2. The largest absolute Gasteiger partial charge is 0.385 e. The molecule has 1 atom stereocenters. The van der Waals surface area contributed by atoms with Crippen molar-refractivity contribution in [1.82, 2.24) is 25.1 Å². The number of methoxy groups -OCH3 is 1. The van der Waals surface area contributed by atoms with E-state index >= 15 is 0 Å². The average molecular weight is 554 g/mol. The molecule has 1 aromatic heterocycles. The van der Waals surface area contributed by atoms with Gasteiger partial charge in [0.05, 0.1) is 11.8 Å². The molecule has 2 aromatic rings. The molecule has 0 saturated carbocycles. The van der Waals surface area contributed by atoms with E-state index in [1.165, 1.54) is 23.1 Å². The highest BCUT2D eigenvalue weighted by atomic mass is 19.1. The topological polar surface area (TPSA) is 112 Å². The molecule has 1 aromatic carbocycles. The number of rotatable bonds is 15. The SMILES string of the molecule is COCCCNc1nc(Nc2cccc(F)c2)ncc1C#CCCCNC(=O)C(C)N(C)C(=O)C=CCN(C)C. The second-order valence-electron chi connectivity index (χ2n) is 9.35. The first-order chi connectivity index (χ1) is 19.2. The van der Waals surface area contributed by atoms with Gasteiger partial charge in [-0.05, 0) is 52.1 Å². The van der Waals surface area contributed by atoms with Gasteiger partial charge < -0.3 is 30.5 Å². The van der Waals surface area contributed by atoms with E-state index in [0.29, 0.717) is 62.1 Å². The molecule has 0 fully saturated rings. The molecule has 2 rings (SSSR count). The number of benzene rings is 1. The van der Waals surface area contributed by atoms with Crippen molar-refractivity contribution < 1.29 is 18.7 Å². The Balaban J connectivity index is 1.90. The molecule has 10 nitrogen and oxygen atoms in total. The smallest absolute Gasteiger partial charge is 0.246 e. The molecule has 0 aliphatic rings. The lowest BCUT2D eigenvalue weighted by Crippen LogP contribution is -2.45. The van der Waals surface area contributed by atoms with Gasteiger partial charge in [0.2, 0.25) is 17.8 Å². The molecular weight excluding hydrogens is 513 g/mol. The molecule has 0 aliphatic carbocycles. The normalized spacial score (nSPS) is 11.6. The maximum Gasteiger partial charge on any atom is 0.246 e. The van der Waals surface area contributed by atoms with Crippen LogP contribution in [0.4, 0.5) is 21.8 Å². The molecule has 216 valence electrons. The number of amides is 2. The molecule has 1 heterocycles. The van der Waals surface area contributed by atoms with Crippen LogP contribution in [0.3, 0.4) is 0 Å². The Kier molecular flexibility index (Phi) is 14.1. The molecule has 0 bridgehead atoms. The molecule has 11 heteroatoms. The summed E-state index contributed by atoms with van der Waals surface area (Å²) in [5.41, 5.74) is 1.17. The predicted octanol–water partition coefficient (Wildman–Crippen LogP) is 3.02. The van der Waals surface area contributed by atoms with Crippen LogP contribution in [0, 0.1) is 17.7 Å². The van der Waals surface area contributed by atoms with Crippen LogP contribution in [0.25, 0.3) is 0 Å². The zero-order chi connectivity index (χ0) is 29.3. The molecule has 0 saturated heterocycles. The van der Waals surface area contributed by atoms with Gasteiger partial charge in [0.1, 0.15) is 17.7 Å². The highest BCUT2D eigenvalue weighted by molar-refractivity contribution is 5.92. The van der Waals surface area contributed by atoms with Gasteiger partial charge in [0.15, 0.2) is 0 Å². The number of nitrogens with one attached hydrogen (secondary N) is 3. The van der Waals surface area contributed by atoms with Crippen LogP contribution in [0.5, 0.6) is 0 Å². The molecule has 1 unspecified atom stereocenters. The number of unbranched alkanes of at least 4 members (excludes halogenated alkanes) is 1. The zero-order valence-electron chi connectivity index (χ0n) is 24.0. The monoisotopic (exact) mass is 553 g/mol. The van der Waals surface area contributed by atoms with E-state index in [-0.39, 0.29) is 17.6 Å². The number of carbonyl (C=O) groups excluding carboxylic acids is 2. The number of halogens is 1. The van der Waals surface area contributed by atoms with Crippen molar-refractivity contribution in [2.24, 2.45) is 0 Å². The van der Waals surface area contributed by atoms with Crippen LogP contribution in [0.15, 0.2) is 42.6 Å². The van der Waals surface area contributed by atoms with Crippen LogP contribution in [-0.2, 0) is 14.3 Å². The number of likely N-dealkylation sites (N-methyl/N-ethyl adjacent to an activating group) is 2. The lowest BCUT2D eigenvalue weighted by Gasteiger charge is -2.23. The van der Waals surface area contributed by atoms with Crippen molar-refractivity contribution in [3.63, 3.8) is 0 Å². The first-order valence-electron chi connectivity index (χ1n) is 13.2. The quantitative estimate of drug-likeness (QED) is 0.175. The standard InChI is InChI=1S/C29H40FN7O3/c1-22(37(4)26(38)15-10-18-36(2)3)28(39)32-16-8-6-7-12-23-21-33-29(34-25-14-9-13-24(30)20-25)35-27(23)31-17-11-19-40-5/h9-10,13-15,20-22H,6,8,11,16-19H2,1-5H3,(H,32,39)(H2,31,33,34,35). The maximum atomic E-state index is 13.5. The molecule has 40 heavy (non-hydrogen) atoms. The van der Waals surface area contributed by atoms with Crippen molar-refractivity contribution in [3.05, 3.63) is 54.0 Å². The van der Waals surface area contributed by atoms with Crippen LogP contribution in [-0.4, -0.2) is 92.1 Å².